The van der Waals surface area contributed by atoms with E-state index in [1.54, 1.807) is 0 Å². The molecule has 0 N–H and O–H groups in total. The summed E-state index contributed by atoms with van der Waals surface area (Å²) in [6.45, 7) is 8.40. The highest BCUT2D eigenvalue weighted by Gasteiger charge is 2.20. The molecule has 0 radical (unpaired) electrons. The van der Waals surface area contributed by atoms with Crippen molar-refractivity contribution in [3.05, 3.63) is 30.3 Å². The molecule has 2 fully saturated rings. The van der Waals surface area contributed by atoms with E-state index < -0.39 is 0 Å². The summed E-state index contributed by atoms with van der Waals surface area (Å²) in [6.07, 6.45) is 6.99. The minimum absolute atomic E-state index is 0.808. The first-order valence-electron chi connectivity index (χ1n) is 9.03. The molecule has 122 valence electrons. The number of hydrogen-bond acceptors (Lipinski definition) is 3. The largest absolute Gasteiger partial charge is 0.492 e. The van der Waals surface area contributed by atoms with Crippen molar-refractivity contribution in [3.8, 4) is 5.75 Å². The lowest BCUT2D eigenvalue weighted by Gasteiger charge is -2.32. The Morgan fingerprint density at radius 1 is 0.864 bits per heavy atom. The van der Waals surface area contributed by atoms with Crippen molar-refractivity contribution in [2.75, 3.05) is 45.9 Å². The molecule has 0 bridgehead atoms. The first-order valence-corrected chi connectivity index (χ1v) is 9.03. The maximum Gasteiger partial charge on any atom is 0.119 e. The zero-order chi connectivity index (χ0) is 15.0. The van der Waals surface area contributed by atoms with Gasteiger partial charge in [0.2, 0.25) is 0 Å². The van der Waals surface area contributed by atoms with Crippen molar-refractivity contribution in [3.63, 3.8) is 0 Å². The number of benzene rings is 1. The lowest BCUT2D eigenvalue weighted by molar-refractivity contribution is 0.145. The van der Waals surface area contributed by atoms with Gasteiger partial charge in [-0.3, -0.25) is 4.90 Å². The summed E-state index contributed by atoms with van der Waals surface area (Å²) in [5, 5.41) is 0. The normalized spacial score (nSPS) is 21.3. The van der Waals surface area contributed by atoms with Crippen molar-refractivity contribution in [1.29, 1.82) is 0 Å². The van der Waals surface area contributed by atoms with Crippen LogP contribution in [0.3, 0.4) is 0 Å². The van der Waals surface area contributed by atoms with Crippen LogP contribution >= 0.6 is 0 Å². The van der Waals surface area contributed by atoms with E-state index in [0.717, 1.165) is 24.8 Å². The van der Waals surface area contributed by atoms with Crippen LogP contribution in [-0.4, -0.2) is 55.7 Å². The molecule has 0 spiro atoms. The molecule has 2 heterocycles. The summed E-state index contributed by atoms with van der Waals surface area (Å²) in [4.78, 5) is 5.22. The predicted octanol–water partition coefficient (Wildman–Crippen LogP) is 3.26. The molecule has 22 heavy (non-hydrogen) atoms. The zero-order valence-electron chi connectivity index (χ0n) is 13.8. The molecule has 2 aliphatic heterocycles. The number of piperidine rings is 1. The number of nitrogens with zero attached hydrogens (tertiary/aromatic N) is 2. The highest BCUT2D eigenvalue weighted by molar-refractivity contribution is 5.20. The van der Waals surface area contributed by atoms with Gasteiger partial charge in [0.15, 0.2) is 0 Å². The van der Waals surface area contributed by atoms with E-state index in [-0.39, 0.29) is 0 Å². The number of para-hydroxylation sites is 1. The van der Waals surface area contributed by atoms with E-state index in [4.69, 9.17) is 4.74 Å². The smallest absolute Gasteiger partial charge is 0.119 e. The highest BCUT2D eigenvalue weighted by atomic mass is 16.5. The Hall–Kier alpha value is -1.06. The Morgan fingerprint density at radius 3 is 2.27 bits per heavy atom. The van der Waals surface area contributed by atoms with Crippen LogP contribution in [0.15, 0.2) is 30.3 Å². The monoisotopic (exact) mass is 302 g/mol. The quantitative estimate of drug-likeness (QED) is 0.769. The third kappa shape index (κ3) is 4.99. The summed E-state index contributed by atoms with van der Waals surface area (Å²) in [7, 11) is 0. The fourth-order valence-electron chi connectivity index (χ4n) is 3.68. The zero-order valence-corrected chi connectivity index (χ0v) is 13.8. The molecule has 0 unspecified atom stereocenters. The van der Waals surface area contributed by atoms with Crippen molar-refractivity contribution in [2.24, 2.45) is 5.92 Å². The lowest BCUT2D eigenvalue weighted by atomic mass is 9.93. The standard InChI is InChI=1S/C19H30N2O/c1-2-6-19(7-3-1)22-17-16-21-14-9-18(10-15-21)8-13-20-11-4-5-12-20/h1-3,6-7,18H,4-5,8-17H2. The minimum atomic E-state index is 0.808. The summed E-state index contributed by atoms with van der Waals surface area (Å²) in [5.41, 5.74) is 0. The predicted molar refractivity (Wildman–Crippen MR) is 91.4 cm³/mol. The van der Waals surface area contributed by atoms with Gasteiger partial charge < -0.3 is 9.64 Å². The second-order valence-electron chi connectivity index (χ2n) is 6.78. The van der Waals surface area contributed by atoms with Crippen LogP contribution in [0.1, 0.15) is 32.1 Å². The van der Waals surface area contributed by atoms with E-state index in [9.17, 15) is 0 Å². The Labute approximate surface area is 135 Å². The molecule has 3 heteroatoms. The molecule has 3 nitrogen and oxygen atoms in total. The van der Waals surface area contributed by atoms with Crippen molar-refractivity contribution >= 4 is 0 Å². The molecule has 1 aromatic carbocycles. The van der Waals surface area contributed by atoms with Gasteiger partial charge in [0.1, 0.15) is 12.4 Å². The topological polar surface area (TPSA) is 15.7 Å². The van der Waals surface area contributed by atoms with Crippen LogP contribution in [0.4, 0.5) is 0 Å². The van der Waals surface area contributed by atoms with E-state index in [1.807, 2.05) is 30.3 Å². The van der Waals surface area contributed by atoms with Gasteiger partial charge in [0.25, 0.3) is 0 Å². The first kappa shape index (κ1) is 15.8. The maximum absolute atomic E-state index is 5.80. The fraction of sp³-hybridized carbons (Fsp3) is 0.684. The van der Waals surface area contributed by atoms with E-state index in [2.05, 4.69) is 9.80 Å². The van der Waals surface area contributed by atoms with Gasteiger partial charge in [0, 0.05) is 6.54 Å². The number of rotatable bonds is 7. The molecule has 0 aliphatic carbocycles. The van der Waals surface area contributed by atoms with Gasteiger partial charge >= 0.3 is 0 Å². The molecule has 0 atom stereocenters. The van der Waals surface area contributed by atoms with Crippen LogP contribution in [0.25, 0.3) is 0 Å². The van der Waals surface area contributed by atoms with Gasteiger partial charge in [-0.1, -0.05) is 18.2 Å². The molecule has 1 aromatic rings. The molecule has 0 aromatic heterocycles. The molecule has 0 saturated carbocycles. The Bertz CT molecular complexity index is 409. The fourth-order valence-corrected chi connectivity index (χ4v) is 3.68. The number of ether oxygens (including phenoxy) is 1. The molecular formula is C19H30N2O. The molecule has 0 amide bonds. The van der Waals surface area contributed by atoms with Gasteiger partial charge in [0.05, 0.1) is 0 Å². The van der Waals surface area contributed by atoms with Crippen molar-refractivity contribution in [1.82, 2.24) is 9.80 Å². The highest BCUT2D eigenvalue weighted by Crippen LogP contribution is 2.21. The van der Waals surface area contributed by atoms with E-state index >= 15 is 0 Å². The SMILES string of the molecule is c1ccc(OCCN2CCC(CCN3CCCC3)CC2)cc1. The van der Waals surface area contributed by atoms with Gasteiger partial charge in [-0.15, -0.1) is 0 Å². The Morgan fingerprint density at radius 2 is 1.55 bits per heavy atom. The van der Waals surface area contributed by atoms with E-state index in [1.165, 1.54) is 64.8 Å². The van der Waals surface area contributed by atoms with Gasteiger partial charge in [-0.2, -0.15) is 0 Å². The average molecular weight is 302 g/mol. The van der Waals surface area contributed by atoms with Crippen LogP contribution in [0.2, 0.25) is 0 Å². The summed E-state index contributed by atoms with van der Waals surface area (Å²) in [6, 6.07) is 10.2. The maximum atomic E-state index is 5.80. The molecule has 2 saturated heterocycles. The summed E-state index contributed by atoms with van der Waals surface area (Å²) in [5.74, 6) is 1.94. The molecule has 3 rings (SSSR count). The third-order valence-corrected chi connectivity index (χ3v) is 5.18. The summed E-state index contributed by atoms with van der Waals surface area (Å²) < 4.78 is 5.80. The number of hydrogen-bond donors (Lipinski definition) is 0. The van der Waals surface area contributed by atoms with Crippen LogP contribution in [-0.2, 0) is 0 Å². The molecular weight excluding hydrogens is 272 g/mol. The van der Waals surface area contributed by atoms with Crippen molar-refractivity contribution < 1.29 is 4.74 Å². The van der Waals surface area contributed by atoms with Gasteiger partial charge in [-0.25, -0.2) is 0 Å². The average Bonchev–Trinajstić information content (AvgIpc) is 3.09. The van der Waals surface area contributed by atoms with Crippen LogP contribution < -0.4 is 4.74 Å². The van der Waals surface area contributed by atoms with Crippen LogP contribution in [0.5, 0.6) is 5.75 Å². The minimum Gasteiger partial charge on any atom is -0.492 e. The summed E-state index contributed by atoms with van der Waals surface area (Å²) >= 11 is 0. The number of likely N-dealkylation sites (tertiary alicyclic amines) is 2. The molecule has 2 aliphatic rings. The first-order chi connectivity index (χ1) is 10.9. The third-order valence-electron chi connectivity index (χ3n) is 5.18. The van der Waals surface area contributed by atoms with Crippen molar-refractivity contribution in [2.45, 2.75) is 32.1 Å². The Kier molecular flexibility index (Phi) is 6.14. The Balaban J connectivity index is 1.27. The van der Waals surface area contributed by atoms with Crippen LogP contribution in [0, 0.1) is 5.92 Å². The lowest BCUT2D eigenvalue weighted by Crippen LogP contribution is -2.37. The van der Waals surface area contributed by atoms with E-state index in [0.29, 0.717) is 0 Å². The second-order valence-corrected chi connectivity index (χ2v) is 6.78. The van der Waals surface area contributed by atoms with Gasteiger partial charge in [-0.05, 0) is 82.9 Å². The second kappa shape index (κ2) is 8.54.